The summed E-state index contributed by atoms with van der Waals surface area (Å²) in [5.41, 5.74) is -0.0535. The van der Waals surface area contributed by atoms with Gasteiger partial charge in [0.05, 0.1) is 13.7 Å². The van der Waals surface area contributed by atoms with Gasteiger partial charge in [-0.3, -0.25) is 4.84 Å². The highest BCUT2D eigenvalue weighted by Gasteiger charge is 2.21. The van der Waals surface area contributed by atoms with Crippen LogP contribution >= 0.6 is 0 Å². The monoisotopic (exact) mass is 256 g/mol. The van der Waals surface area contributed by atoms with Crippen LogP contribution in [0.2, 0.25) is 0 Å². The van der Waals surface area contributed by atoms with Crippen molar-refractivity contribution in [3.05, 3.63) is 23.8 Å². The molecule has 0 atom stereocenters. The van der Waals surface area contributed by atoms with Crippen molar-refractivity contribution in [2.75, 3.05) is 13.7 Å². The number of nitrogens with zero attached hydrogens (tertiary/aromatic N) is 1. The molecular formula is C10H12N2O4S. The van der Waals surface area contributed by atoms with E-state index in [1.807, 2.05) is 4.89 Å². The van der Waals surface area contributed by atoms with Gasteiger partial charge in [0.25, 0.3) is 10.0 Å². The zero-order valence-electron chi connectivity index (χ0n) is 9.43. The van der Waals surface area contributed by atoms with Crippen molar-refractivity contribution < 1.29 is 18.0 Å². The second kappa shape index (κ2) is 5.63. The number of nitriles is 1. The zero-order chi connectivity index (χ0) is 12.9. The maximum Gasteiger partial charge on any atom is 0.263 e. The first-order chi connectivity index (χ1) is 8.06. The minimum atomic E-state index is -3.87. The van der Waals surface area contributed by atoms with Crippen LogP contribution in [0.25, 0.3) is 0 Å². The molecule has 0 fully saturated rings. The molecule has 6 nitrogen and oxygen atoms in total. The van der Waals surface area contributed by atoms with Gasteiger partial charge < -0.3 is 4.74 Å². The Morgan fingerprint density at radius 1 is 1.47 bits per heavy atom. The van der Waals surface area contributed by atoms with Gasteiger partial charge in [-0.2, -0.15) is 5.26 Å². The number of hydrogen-bond acceptors (Lipinski definition) is 5. The van der Waals surface area contributed by atoms with Gasteiger partial charge in [-0.1, -0.05) is 11.0 Å². The molecule has 0 heterocycles. The summed E-state index contributed by atoms with van der Waals surface area (Å²) in [6.07, 6.45) is 0. The van der Waals surface area contributed by atoms with Gasteiger partial charge >= 0.3 is 0 Å². The van der Waals surface area contributed by atoms with Crippen molar-refractivity contribution >= 4 is 10.0 Å². The summed E-state index contributed by atoms with van der Waals surface area (Å²) in [4.78, 5) is 6.38. The van der Waals surface area contributed by atoms with E-state index in [1.54, 1.807) is 13.0 Å². The van der Waals surface area contributed by atoms with E-state index in [4.69, 9.17) is 10.00 Å². The van der Waals surface area contributed by atoms with Gasteiger partial charge in [-0.05, 0) is 19.1 Å². The number of sulfonamides is 1. The third kappa shape index (κ3) is 2.94. The highest BCUT2D eigenvalue weighted by atomic mass is 32.2. The lowest BCUT2D eigenvalue weighted by Crippen LogP contribution is -2.24. The lowest BCUT2D eigenvalue weighted by atomic mass is 10.2. The quantitative estimate of drug-likeness (QED) is 0.787. The summed E-state index contributed by atoms with van der Waals surface area (Å²) in [5, 5.41) is 8.96. The van der Waals surface area contributed by atoms with E-state index in [9.17, 15) is 8.42 Å². The maximum absolute atomic E-state index is 11.8. The van der Waals surface area contributed by atoms with E-state index in [1.165, 1.54) is 25.3 Å². The molecule has 0 aliphatic rings. The molecule has 0 aliphatic heterocycles. The standard InChI is InChI=1S/C10H12N2O4S/c1-3-16-12-17(13,14)10-6-4-5-9(15-2)8(10)7-11/h4-6,12H,3H2,1-2H3. The van der Waals surface area contributed by atoms with Gasteiger partial charge in [-0.25, -0.2) is 8.42 Å². The van der Waals surface area contributed by atoms with E-state index in [0.717, 1.165) is 0 Å². The van der Waals surface area contributed by atoms with Gasteiger partial charge in [-0.15, -0.1) is 0 Å². The summed E-state index contributed by atoms with van der Waals surface area (Å²) in [6, 6.07) is 6.10. The molecule has 0 saturated heterocycles. The Hall–Kier alpha value is -1.62. The molecule has 0 spiro atoms. The van der Waals surface area contributed by atoms with Gasteiger partial charge in [0.2, 0.25) is 0 Å². The first kappa shape index (κ1) is 13.4. The first-order valence-electron chi connectivity index (χ1n) is 4.77. The average molecular weight is 256 g/mol. The second-order valence-electron chi connectivity index (χ2n) is 2.96. The van der Waals surface area contributed by atoms with Crippen molar-refractivity contribution in [2.24, 2.45) is 0 Å². The number of methoxy groups -OCH3 is 1. The van der Waals surface area contributed by atoms with Gasteiger partial charge in [0.1, 0.15) is 22.3 Å². The number of rotatable bonds is 5. The third-order valence-electron chi connectivity index (χ3n) is 1.92. The van der Waals surface area contributed by atoms with Crippen molar-refractivity contribution in [3.8, 4) is 11.8 Å². The average Bonchev–Trinajstić information content (AvgIpc) is 2.35. The fraction of sp³-hybridized carbons (Fsp3) is 0.300. The first-order valence-corrected chi connectivity index (χ1v) is 6.25. The highest BCUT2D eigenvalue weighted by Crippen LogP contribution is 2.24. The normalized spacial score (nSPS) is 10.9. The third-order valence-corrected chi connectivity index (χ3v) is 3.18. The van der Waals surface area contributed by atoms with Crippen LogP contribution in [-0.4, -0.2) is 22.1 Å². The van der Waals surface area contributed by atoms with E-state index < -0.39 is 10.0 Å². The molecule has 0 radical (unpaired) electrons. The van der Waals surface area contributed by atoms with Gasteiger partial charge in [0.15, 0.2) is 0 Å². The Bertz CT molecular complexity index is 534. The molecule has 0 aliphatic carbocycles. The summed E-state index contributed by atoms with van der Waals surface area (Å²) in [6.45, 7) is 1.82. The number of hydrogen-bond donors (Lipinski definition) is 1. The highest BCUT2D eigenvalue weighted by molar-refractivity contribution is 7.89. The molecular weight excluding hydrogens is 244 g/mol. The molecule has 1 aromatic rings. The predicted octanol–water partition coefficient (Wildman–Crippen LogP) is 0.797. The van der Waals surface area contributed by atoms with Crippen LogP contribution in [0.5, 0.6) is 5.75 Å². The Balaban J connectivity index is 3.28. The Labute approximate surface area is 99.8 Å². The van der Waals surface area contributed by atoms with E-state index in [0.29, 0.717) is 0 Å². The van der Waals surface area contributed by atoms with Crippen LogP contribution in [0, 0.1) is 11.3 Å². The van der Waals surface area contributed by atoms with Crippen LogP contribution in [0.1, 0.15) is 12.5 Å². The Morgan fingerprint density at radius 2 is 2.18 bits per heavy atom. The van der Waals surface area contributed by atoms with E-state index >= 15 is 0 Å². The van der Waals surface area contributed by atoms with Crippen LogP contribution in [0.15, 0.2) is 23.1 Å². The van der Waals surface area contributed by atoms with Crippen LogP contribution in [0.3, 0.4) is 0 Å². The van der Waals surface area contributed by atoms with Gasteiger partial charge in [0, 0.05) is 0 Å². The maximum atomic E-state index is 11.8. The molecule has 0 saturated carbocycles. The zero-order valence-corrected chi connectivity index (χ0v) is 10.2. The second-order valence-corrected chi connectivity index (χ2v) is 4.58. The van der Waals surface area contributed by atoms with Crippen molar-refractivity contribution in [3.63, 3.8) is 0 Å². The largest absolute Gasteiger partial charge is 0.495 e. The van der Waals surface area contributed by atoms with Crippen LogP contribution < -0.4 is 9.62 Å². The topological polar surface area (TPSA) is 88.4 Å². The van der Waals surface area contributed by atoms with Crippen LogP contribution in [0.4, 0.5) is 0 Å². The fourth-order valence-corrected chi connectivity index (χ4v) is 2.23. The molecule has 0 amide bonds. The molecule has 0 bridgehead atoms. The molecule has 7 heteroatoms. The minimum absolute atomic E-state index is 0.0535. The predicted molar refractivity (Wildman–Crippen MR) is 59.7 cm³/mol. The van der Waals surface area contributed by atoms with Crippen molar-refractivity contribution in [2.45, 2.75) is 11.8 Å². The summed E-state index contributed by atoms with van der Waals surface area (Å²) in [5.74, 6) is 0.201. The summed E-state index contributed by atoms with van der Waals surface area (Å²) in [7, 11) is -2.51. The minimum Gasteiger partial charge on any atom is -0.495 e. The number of nitrogens with one attached hydrogen (secondary N) is 1. The summed E-state index contributed by atoms with van der Waals surface area (Å²) >= 11 is 0. The Morgan fingerprint density at radius 3 is 2.71 bits per heavy atom. The van der Waals surface area contributed by atoms with Crippen molar-refractivity contribution in [1.82, 2.24) is 4.89 Å². The molecule has 0 unspecified atom stereocenters. The smallest absolute Gasteiger partial charge is 0.263 e. The van der Waals surface area contributed by atoms with Crippen LogP contribution in [-0.2, 0) is 14.9 Å². The van der Waals surface area contributed by atoms with E-state index in [-0.39, 0.29) is 22.8 Å². The number of benzene rings is 1. The lowest BCUT2D eigenvalue weighted by molar-refractivity contribution is 0.105. The lowest BCUT2D eigenvalue weighted by Gasteiger charge is -2.09. The molecule has 17 heavy (non-hydrogen) atoms. The summed E-state index contributed by atoms with van der Waals surface area (Å²) < 4.78 is 28.5. The van der Waals surface area contributed by atoms with Crippen molar-refractivity contribution in [1.29, 1.82) is 5.26 Å². The molecule has 1 rings (SSSR count). The molecule has 1 aromatic carbocycles. The van der Waals surface area contributed by atoms with E-state index in [2.05, 4.69) is 4.84 Å². The molecule has 1 N–H and O–H groups in total. The molecule has 92 valence electrons. The molecule has 0 aromatic heterocycles. The fourth-order valence-electron chi connectivity index (χ4n) is 1.20. The SMILES string of the molecule is CCONS(=O)(=O)c1cccc(OC)c1C#N. The Kier molecular flexibility index (Phi) is 4.45. The number of ether oxygens (including phenoxy) is 1.